The van der Waals surface area contributed by atoms with Gasteiger partial charge in [0.2, 0.25) is 0 Å². The maximum atomic E-state index is 8.80. The number of nitriles is 1. The third-order valence-electron chi connectivity index (χ3n) is 1.92. The molecule has 2 aromatic rings. The Hall–Kier alpha value is -1.34. The van der Waals surface area contributed by atoms with Crippen LogP contribution >= 0.6 is 15.9 Å². The highest BCUT2D eigenvalue weighted by Gasteiger charge is 2.07. The van der Waals surface area contributed by atoms with Gasteiger partial charge in [0.1, 0.15) is 6.07 Å². The van der Waals surface area contributed by atoms with Gasteiger partial charge in [0.25, 0.3) is 0 Å². The molecule has 0 fully saturated rings. The molecule has 0 N–H and O–H groups in total. The molecule has 0 atom stereocenters. The Kier molecular flexibility index (Phi) is 1.82. The molecule has 2 rings (SSSR count). The van der Waals surface area contributed by atoms with E-state index in [1.807, 2.05) is 25.2 Å². The van der Waals surface area contributed by atoms with Gasteiger partial charge in [-0.2, -0.15) is 10.4 Å². The summed E-state index contributed by atoms with van der Waals surface area (Å²) >= 11 is 3.36. The Morgan fingerprint density at radius 1 is 1.54 bits per heavy atom. The van der Waals surface area contributed by atoms with Crippen molar-refractivity contribution in [2.24, 2.45) is 7.05 Å². The van der Waals surface area contributed by atoms with Crippen LogP contribution in [0.1, 0.15) is 5.69 Å². The zero-order valence-electron chi connectivity index (χ0n) is 6.95. The van der Waals surface area contributed by atoms with Crippen LogP contribution in [0.25, 0.3) is 10.9 Å². The van der Waals surface area contributed by atoms with Crippen molar-refractivity contribution >= 4 is 26.8 Å². The lowest BCUT2D eigenvalue weighted by molar-refractivity contribution is 0.791. The van der Waals surface area contributed by atoms with Gasteiger partial charge in [-0.3, -0.25) is 4.68 Å². The lowest BCUT2D eigenvalue weighted by Gasteiger charge is -1.92. The van der Waals surface area contributed by atoms with E-state index in [-0.39, 0.29) is 0 Å². The highest BCUT2D eigenvalue weighted by molar-refractivity contribution is 9.10. The molecule has 0 saturated carbocycles. The van der Waals surface area contributed by atoms with Gasteiger partial charge in [-0.05, 0) is 18.2 Å². The summed E-state index contributed by atoms with van der Waals surface area (Å²) in [7, 11) is 1.83. The van der Waals surface area contributed by atoms with Crippen molar-refractivity contribution < 1.29 is 0 Å². The number of fused-ring (bicyclic) bond motifs is 1. The van der Waals surface area contributed by atoms with Gasteiger partial charge in [-0.25, -0.2) is 0 Å². The number of nitrogens with zero attached hydrogens (tertiary/aromatic N) is 3. The number of halogens is 1. The molecule has 1 aromatic heterocycles. The van der Waals surface area contributed by atoms with Crippen LogP contribution in [0.2, 0.25) is 0 Å². The molecule has 0 radical (unpaired) electrons. The molecular formula is C9H6BrN3. The minimum Gasteiger partial charge on any atom is -0.267 e. The maximum absolute atomic E-state index is 8.80. The van der Waals surface area contributed by atoms with E-state index in [4.69, 9.17) is 5.26 Å². The van der Waals surface area contributed by atoms with Crippen LogP contribution in [0.15, 0.2) is 22.7 Å². The minimum absolute atomic E-state index is 0.471. The molecule has 1 aromatic carbocycles. The second-order valence-electron chi connectivity index (χ2n) is 2.75. The van der Waals surface area contributed by atoms with E-state index in [9.17, 15) is 0 Å². The zero-order valence-corrected chi connectivity index (χ0v) is 8.54. The molecule has 0 aliphatic carbocycles. The summed E-state index contributed by atoms with van der Waals surface area (Å²) in [5, 5.41) is 13.8. The van der Waals surface area contributed by atoms with E-state index in [2.05, 4.69) is 27.1 Å². The Morgan fingerprint density at radius 2 is 2.31 bits per heavy atom. The smallest absolute Gasteiger partial charge is 0.170 e. The third-order valence-corrected chi connectivity index (χ3v) is 2.41. The number of rotatable bonds is 0. The topological polar surface area (TPSA) is 41.6 Å². The molecule has 0 spiro atoms. The highest BCUT2D eigenvalue weighted by atomic mass is 79.9. The van der Waals surface area contributed by atoms with E-state index >= 15 is 0 Å². The summed E-state index contributed by atoms with van der Waals surface area (Å²) in [4.78, 5) is 0. The molecule has 64 valence electrons. The van der Waals surface area contributed by atoms with Gasteiger partial charge < -0.3 is 0 Å². The van der Waals surface area contributed by atoms with Crippen LogP contribution in [0, 0.1) is 11.3 Å². The Balaban J connectivity index is 2.91. The normalized spacial score (nSPS) is 10.2. The summed E-state index contributed by atoms with van der Waals surface area (Å²) in [6.45, 7) is 0. The fourth-order valence-corrected chi connectivity index (χ4v) is 1.68. The van der Waals surface area contributed by atoms with Crippen LogP contribution in [0.3, 0.4) is 0 Å². The Morgan fingerprint density at radius 3 is 3.00 bits per heavy atom. The fourth-order valence-electron chi connectivity index (χ4n) is 1.32. The first-order chi connectivity index (χ1) is 6.22. The van der Waals surface area contributed by atoms with E-state index < -0.39 is 0 Å². The molecule has 0 bridgehead atoms. The molecular weight excluding hydrogens is 230 g/mol. The van der Waals surface area contributed by atoms with Crippen LogP contribution in [0.4, 0.5) is 0 Å². The van der Waals surface area contributed by atoms with Crippen molar-refractivity contribution in [1.82, 2.24) is 9.78 Å². The quantitative estimate of drug-likeness (QED) is 0.703. The molecule has 0 unspecified atom stereocenters. The molecule has 0 aliphatic rings. The van der Waals surface area contributed by atoms with E-state index in [0.717, 1.165) is 15.4 Å². The molecule has 3 nitrogen and oxygen atoms in total. The Bertz CT molecular complexity index is 507. The molecule has 13 heavy (non-hydrogen) atoms. The van der Waals surface area contributed by atoms with E-state index in [1.54, 1.807) is 4.68 Å². The van der Waals surface area contributed by atoms with Gasteiger partial charge in [0.15, 0.2) is 5.69 Å². The van der Waals surface area contributed by atoms with Crippen molar-refractivity contribution in [3.05, 3.63) is 28.4 Å². The summed E-state index contributed by atoms with van der Waals surface area (Å²) in [6.07, 6.45) is 0. The lowest BCUT2D eigenvalue weighted by atomic mass is 10.2. The summed E-state index contributed by atoms with van der Waals surface area (Å²) in [6, 6.07) is 7.84. The number of hydrogen-bond acceptors (Lipinski definition) is 2. The lowest BCUT2D eigenvalue weighted by Crippen LogP contribution is -1.89. The van der Waals surface area contributed by atoms with Crippen LogP contribution in [-0.2, 0) is 7.05 Å². The minimum atomic E-state index is 0.471. The second-order valence-corrected chi connectivity index (χ2v) is 3.66. The predicted octanol–water partition coefficient (Wildman–Crippen LogP) is 2.21. The predicted molar refractivity (Wildman–Crippen MR) is 53.1 cm³/mol. The first-order valence-electron chi connectivity index (χ1n) is 3.75. The standard InChI is InChI=1S/C9H6BrN3/c1-13-9-3-2-6(10)4-7(9)8(5-11)12-13/h2-4H,1H3. The summed E-state index contributed by atoms with van der Waals surface area (Å²) in [5.74, 6) is 0. The number of aryl methyl sites for hydroxylation is 1. The molecule has 0 saturated heterocycles. The van der Waals surface area contributed by atoms with Gasteiger partial charge in [-0.15, -0.1) is 0 Å². The molecule has 0 aliphatic heterocycles. The third kappa shape index (κ3) is 1.21. The second kappa shape index (κ2) is 2.86. The van der Waals surface area contributed by atoms with Crippen molar-refractivity contribution in [1.29, 1.82) is 5.26 Å². The summed E-state index contributed by atoms with van der Waals surface area (Å²) in [5.41, 5.74) is 1.44. The zero-order chi connectivity index (χ0) is 9.42. The molecule has 4 heteroatoms. The average Bonchev–Trinajstić information content (AvgIpc) is 2.42. The number of hydrogen-bond donors (Lipinski definition) is 0. The maximum Gasteiger partial charge on any atom is 0.170 e. The summed E-state index contributed by atoms with van der Waals surface area (Å²) < 4.78 is 2.67. The van der Waals surface area contributed by atoms with Crippen molar-refractivity contribution in [3.8, 4) is 6.07 Å². The van der Waals surface area contributed by atoms with Gasteiger partial charge in [0, 0.05) is 16.9 Å². The van der Waals surface area contributed by atoms with Gasteiger partial charge in [0.05, 0.1) is 5.52 Å². The van der Waals surface area contributed by atoms with Crippen molar-refractivity contribution in [2.75, 3.05) is 0 Å². The molecule has 1 heterocycles. The first-order valence-corrected chi connectivity index (χ1v) is 4.54. The Labute approximate surface area is 83.7 Å². The van der Waals surface area contributed by atoms with Crippen LogP contribution in [-0.4, -0.2) is 9.78 Å². The van der Waals surface area contributed by atoms with Gasteiger partial charge >= 0.3 is 0 Å². The number of aromatic nitrogens is 2. The first kappa shape index (κ1) is 8.27. The monoisotopic (exact) mass is 235 g/mol. The van der Waals surface area contributed by atoms with Crippen LogP contribution < -0.4 is 0 Å². The molecule has 0 amide bonds. The SMILES string of the molecule is Cn1nc(C#N)c2cc(Br)ccc21. The highest BCUT2D eigenvalue weighted by Crippen LogP contribution is 2.21. The van der Waals surface area contributed by atoms with Gasteiger partial charge in [-0.1, -0.05) is 15.9 Å². The average molecular weight is 236 g/mol. The van der Waals surface area contributed by atoms with Crippen molar-refractivity contribution in [3.63, 3.8) is 0 Å². The van der Waals surface area contributed by atoms with Crippen LogP contribution in [0.5, 0.6) is 0 Å². The van der Waals surface area contributed by atoms with Crippen molar-refractivity contribution in [2.45, 2.75) is 0 Å². The fraction of sp³-hybridized carbons (Fsp3) is 0.111. The van der Waals surface area contributed by atoms with E-state index in [0.29, 0.717) is 5.69 Å². The van der Waals surface area contributed by atoms with E-state index in [1.165, 1.54) is 0 Å². The number of benzene rings is 1. The largest absolute Gasteiger partial charge is 0.267 e.